The maximum Gasteiger partial charge on any atom is 0.0723 e. The topological polar surface area (TPSA) is 3.24 Å². The van der Waals surface area contributed by atoms with E-state index in [2.05, 4.69) is 193 Å². The van der Waals surface area contributed by atoms with Crippen molar-refractivity contribution in [2.24, 2.45) is 0 Å². The molecule has 0 heterocycles. The van der Waals surface area contributed by atoms with Gasteiger partial charge in [-0.15, -0.1) is 0 Å². The monoisotopic (exact) mass is 651 g/mol. The number of benzene rings is 6. The lowest BCUT2D eigenvalue weighted by atomic mass is 9.69. The van der Waals surface area contributed by atoms with Crippen molar-refractivity contribution in [1.82, 2.24) is 0 Å². The number of rotatable bonds is 5. The fourth-order valence-electron chi connectivity index (χ4n) is 9.09. The molecule has 0 fully saturated rings. The van der Waals surface area contributed by atoms with Crippen LogP contribution in [-0.4, -0.2) is 0 Å². The Morgan fingerprint density at radius 2 is 1.12 bits per heavy atom. The predicted molar refractivity (Wildman–Crippen MR) is 214 cm³/mol. The van der Waals surface area contributed by atoms with Gasteiger partial charge in [0.15, 0.2) is 0 Å². The Morgan fingerprint density at radius 3 is 1.94 bits per heavy atom. The summed E-state index contributed by atoms with van der Waals surface area (Å²) in [5, 5.41) is 0. The summed E-state index contributed by atoms with van der Waals surface area (Å²) >= 11 is 0. The molecule has 4 aliphatic carbocycles. The van der Waals surface area contributed by atoms with Gasteiger partial charge in [-0.2, -0.15) is 0 Å². The van der Waals surface area contributed by atoms with E-state index in [9.17, 15) is 0 Å². The Morgan fingerprint density at radius 1 is 0.490 bits per heavy atom. The molecule has 6 aromatic rings. The first-order chi connectivity index (χ1) is 25.3. The van der Waals surface area contributed by atoms with Crippen LogP contribution in [0.3, 0.4) is 0 Å². The van der Waals surface area contributed by atoms with Crippen LogP contribution >= 0.6 is 0 Å². The number of hydrogen-bond acceptors (Lipinski definition) is 1. The number of fused-ring (bicyclic) bond motifs is 10. The van der Waals surface area contributed by atoms with Gasteiger partial charge in [0.25, 0.3) is 0 Å². The van der Waals surface area contributed by atoms with Crippen molar-refractivity contribution >= 4 is 22.5 Å². The Labute approximate surface area is 300 Å². The van der Waals surface area contributed by atoms with E-state index in [1.54, 1.807) is 0 Å². The molecule has 1 nitrogen and oxygen atoms in total. The molecule has 0 saturated heterocycles. The van der Waals surface area contributed by atoms with Gasteiger partial charge in [0.2, 0.25) is 0 Å². The summed E-state index contributed by atoms with van der Waals surface area (Å²) in [5.74, 6) is 0. The zero-order valence-electron chi connectivity index (χ0n) is 28.5. The third-order valence-corrected chi connectivity index (χ3v) is 11.1. The largest absolute Gasteiger partial charge is 0.309 e. The summed E-state index contributed by atoms with van der Waals surface area (Å²) in [6.07, 6.45) is 17.3. The summed E-state index contributed by atoms with van der Waals surface area (Å²) in [7, 11) is 0. The summed E-state index contributed by atoms with van der Waals surface area (Å²) in [6, 6.07) is 56.0. The van der Waals surface area contributed by atoms with Gasteiger partial charge in [-0.05, 0) is 99.2 Å². The van der Waals surface area contributed by atoms with Gasteiger partial charge in [0.05, 0.1) is 16.8 Å². The van der Waals surface area contributed by atoms with Crippen molar-refractivity contribution in [3.05, 3.63) is 227 Å². The fraction of sp³-hybridized carbons (Fsp3) is 0.0800. The molecule has 0 aliphatic heterocycles. The van der Waals surface area contributed by atoms with Crippen LogP contribution in [0.15, 0.2) is 199 Å². The van der Waals surface area contributed by atoms with Crippen molar-refractivity contribution < 1.29 is 0 Å². The summed E-state index contributed by atoms with van der Waals surface area (Å²) in [6.45, 7) is 0. The van der Waals surface area contributed by atoms with E-state index in [1.165, 1.54) is 72.5 Å². The number of hydrogen-bond donors (Lipinski definition) is 0. The van der Waals surface area contributed by atoms with Crippen LogP contribution in [0.2, 0.25) is 0 Å². The standard InChI is InChI=1S/C50H37N/c1-4-18-35(19-5-1)37-22-16-23-38(34-37)51(47-32-9-3-8-24-39(47)36-20-6-2-7-21-36)48-33-17-31-46-49(48)42-27-12-15-30-45(42)50(46)43-28-13-10-25-40(43)41-26-11-14-29-44(41)50/h1-2,4-10,12-13,15-34H,3,11,14H2. The van der Waals surface area contributed by atoms with Crippen molar-refractivity contribution in [1.29, 1.82) is 0 Å². The van der Waals surface area contributed by atoms with Crippen LogP contribution in [0.4, 0.5) is 11.4 Å². The molecule has 6 aromatic carbocycles. The Balaban J connectivity index is 1.30. The second-order valence-electron chi connectivity index (χ2n) is 13.8. The molecule has 1 heteroatoms. The molecule has 242 valence electrons. The predicted octanol–water partition coefficient (Wildman–Crippen LogP) is 12.9. The van der Waals surface area contributed by atoms with Gasteiger partial charge in [0.1, 0.15) is 0 Å². The van der Waals surface area contributed by atoms with Crippen molar-refractivity contribution in [2.75, 3.05) is 4.90 Å². The highest BCUT2D eigenvalue weighted by atomic mass is 15.2. The second-order valence-corrected chi connectivity index (χ2v) is 13.8. The van der Waals surface area contributed by atoms with Crippen LogP contribution in [0.5, 0.6) is 0 Å². The number of allylic oxidation sites excluding steroid dienone is 9. The maximum absolute atomic E-state index is 2.53. The van der Waals surface area contributed by atoms with Crippen LogP contribution in [0.1, 0.15) is 47.1 Å². The highest BCUT2D eigenvalue weighted by molar-refractivity contribution is 6.04. The molecule has 4 aliphatic rings. The number of anilines is 2. The third kappa shape index (κ3) is 4.48. The SMILES string of the molecule is C1=CC(c2ccccc2)=C(N(c2cccc(-c3ccccc3)c2)c2cccc3c2-c2ccccc2C32C3=CCCC=C3c3ccccc32)C=CC1. The minimum absolute atomic E-state index is 0.363. The molecule has 0 radical (unpaired) electrons. The minimum Gasteiger partial charge on any atom is -0.309 e. The maximum atomic E-state index is 2.53. The van der Waals surface area contributed by atoms with Crippen molar-refractivity contribution in [2.45, 2.75) is 24.7 Å². The molecule has 0 N–H and O–H groups in total. The molecular formula is C50H37N. The molecule has 0 saturated carbocycles. The third-order valence-electron chi connectivity index (χ3n) is 11.1. The Bertz CT molecular complexity index is 2490. The Kier molecular flexibility index (Phi) is 6.99. The lowest BCUT2D eigenvalue weighted by molar-refractivity contribution is 0.782. The average Bonchev–Trinajstić information content (AvgIpc) is 3.54. The molecule has 1 unspecified atom stereocenters. The highest BCUT2D eigenvalue weighted by Gasteiger charge is 2.54. The molecule has 51 heavy (non-hydrogen) atoms. The molecule has 1 atom stereocenters. The van der Waals surface area contributed by atoms with E-state index in [0.29, 0.717) is 0 Å². The first kappa shape index (κ1) is 29.7. The van der Waals surface area contributed by atoms with Gasteiger partial charge in [-0.25, -0.2) is 0 Å². The highest BCUT2D eigenvalue weighted by Crippen LogP contribution is 2.66. The van der Waals surface area contributed by atoms with E-state index < -0.39 is 0 Å². The van der Waals surface area contributed by atoms with Crippen LogP contribution < -0.4 is 4.90 Å². The van der Waals surface area contributed by atoms with E-state index in [4.69, 9.17) is 0 Å². The van der Waals surface area contributed by atoms with Crippen molar-refractivity contribution in [3.63, 3.8) is 0 Å². The van der Waals surface area contributed by atoms with Gasteiger partial charge in [-0.1, -0.05) is 164 Å². The smallest absolute Gasteiger partial charge is 0.0723 e. The van der Waals surface area contributed by atoms with E-state index in [-0.39, 0.29) is 5.41 Å². The van der Waals surface area contributed by atoms with Crippen LogP contribution in [-0.2, 0) is 5.41 Å². The van der Waals surface area contributed by atoms with E-state index >= 15 is 0 Å². The van der Waals surface area contributed by atoms with Gasteiger partial charge >= 0.3 is 0 Å². The average molecular weight is 652 g/mol. The lowest BCUT2D eigenvalue weighted by Gasteiger charge is -2.33. The summed E-state index contributed by atoms with van der Waals surface area (Å²) < 4.78 is 0. The minimum atomic E-state index is -0.363. The molecule has 10 rings (SSSR count). The molecule has 0 amide bonds. The molecule has 1 spiro atoms. The second kappa shape index (κ2) is 12.0. The molecule has 0 bridgehead atoms. The fourth-order valence-corrected chi connectivity index (χ4v) is 9.09. The van der Waals surface area contributed by atoms with Crippen LogP contribution in [0.25, 0.3) is 33.4 Å². The van der Waals surface area contributed by atoms with Gasteiger partial charge in [-0.3, -0.25) is 0 Å². The molecule has 0 aromatic heterocycles. The first-order valence-corrected chi connectivity index (χ1v) is 18.2. The normalized spacial score (nSPS) is 18.0. The van der Waals surface area contributed by atoms with Gasteiger partial charge in [0, 0.05) is 16.8 Å². The van der Waals surface area contributed by atoms with E-state index in [1.807, 2.05) is 0 Å². The van der Waals surface area contributed by atoms with Crippen LogP contribution in [0, 0.1) is 0 Å². The summed E-state index contributed by atoms with van der Waals surface area (Å²) in [5.41, 5.74) is 18.9. The first-order valence-electron chi connectivity index (χ1n) is 18.2. The summed E-state index contributed by atoms with van der Waals surface area (Å²) in [4.78, 5) is 2.53. The quantitative estimate of drug-likeness (QED) is 0.179. The van der Waals surface area contributed by atoms with Gasteiger partial charge < -0.3 is 4.90 Å². The van der Waals surface area contributed by atoms with E-state index in [0.717, 1.165) is 30.6 Å². The molecular weight excluding hydrogens is 615 g/mol. The zero-order valence-corrected chi connectivity index (χ0v) is 28.5. The number of nitrogens with zero attached hydrogens (tertiary/aromatic N) is 1. The zero-order chi connectivity index (χ0) is 33.8. The van der Waals surface area contributed by atoms with Crippen molar-refractivity contribution in [3.8, 4) is 22.3 Å². The lowest BCUT2D eigenvalue weighted by Crippen LogP contribution is -2.26. The Hall–Kier alpha value is -6.18.